The van der Waals surface area contributed by atoms with E-state index >= 15 is 0 Å². The van der Waals surface area contributed by atoms with Gasteiger partial charge in [0.2, 0.25) is 0 Å². The van der Waals surface area contributed by atoms with Crippen LogP contribution < -0.4 is 0 Å². The zero-order valence-corrected chi connectivity index (χ0v) is 8.13. The third-order valence-electron chi connectivity index (χ3n) is 2.17. The number of carbonyl (C=O) groups is 1. The summed E-state index contributed by atoms with van der Waals surface area (Å²) < 4.78 is 1.95. The first kappa shape index (κ1) is 9.52. The summed E-state index contributed by atoms with van der Waals surface area (Å²) >= 11 is 0. The van der Waals surface area contributed by atoms with Gasteiger partial charge in [0.15, 0.2) is 0 Å². The van der Waals surface area contributed by atoms with E-state index < -0.39 is 5.97 Å². The van der Waals surface area contributed by atoms with Crippen LogP contribution in [0.4, 0.5) is 0 Å². The van der Waals surface area contributed by atoms with E-state index in [2.05, 4.69) is 0 Å². The molecule has 0 unspecified atom stereocenters. The van der Waals surface area contributed by atoms with Crippen LogP contribution >= 0.6 is 0 Å². The van der Waals surface area contributed by atoms with Crippen LogP contribution in [0, 0.1) is 0 Å². The van der Waals surface area contributed by atoms with E-state index in [0.717, 1.165) is 11.3 Å². The normalized spacial score (nSPS) is 10.1. The van der Waals surface area contributed by atoms with Gasteiger partial charge in [-0.3, -0.25) is 4.79 Å². The summed E-state index contributed by atoms with van der Waals surface area (Å²) in [5.41, 5.74) is 1.80. The van der Waals surface area contributed by atoms with Gasteiger partial charge in [-0.1, -0.05) is 12.1 Å². The summed E-state index contributed by atoms with van der Waals surface area (Å²) in [4.78, 5) is 10.6. The molecule has 0 aliphatic rings. The molecule has 1 aromatic heterocycles. The molecule has 3 heteroatoms. The number of hydrogen-bond donors (Lipinski definition) is 1. The molecule has 1 heterocycles. The molecule has 0 saturated heterocycles. The average Bonchev–Trinajstić information content (AvgIpc) is 2.69. The van der Waals surface area contributed by atoms with Crippen molar-refractivity contribution in [2.45, 2.75) is 6.42 Å². The molecule has 0 radical (unpaired) electrons. The molecule has 0 amide bonds. The highest BCUT2D eigenvalue weighted by molar-refractivity contribution is 5.70. The van der Waals surface area contributed by atoms with Crippen molar-refractivity contribution < 1.29 is 9.90 Å². The number of nitrogens with zero attached hydrogens (tertiary/aromatic N) is 1. The Morgan fingerprint density at radius 3 is 2.60 bits per heavy atom. The van der Waals surface area contributed by atoms with Gasteiger partial charge in [-0.25, -0.2) is 0 Å². The van der Waals surface area contributed by atoms with Gasteiger partial charge in [-0.15, -0.1) is 0 Å². The maximum absolute atomic E-state index is 10.6. The lowest BCUT2D eigenvalue weighted by Gasteiger charge is -2.04. The minimum absolute atomic E-state index is 0.0646. The first-order chi connectivity index (χ1) is 7.25. The molecular weight excluding hydrogens is 190 g/mol. The standard InChI is InChI=1S/C12H11NO2/c14-12(15)9-10-4-3-5-11(8-10)13-6-1-2-7-13/h1-8H,9H2,(H,14,15). The van der Waals surface area contributed by atoms with Crippen LogP contribution in [-0.4, -0.2) is 15.6 Å². The van der Waals surface area contributed by atoms with Crippen molar-refractivity contribution in [2.24, 2.45) is 0 Å². The molecule has 0 aliphatic carbocycles. The molecule has 76 valence electrons. The molecule has 1 aromatic carbocycles. The Kier molecular flexibility index (Phi) is 2.54. The minimum atomic E-state index is -0.806. The fourth-order valence-corrected chi connectivity index (χ4v) is 1.51. The third-order valence-corrected chi connectivity index (χ3v) is 2.17. The number of carboxylic acids is 1. The van der Waals surface area contributed by atoms with E-state index in [4.69, 9.17) is 5.11 Å². The van der Waals surface area contributed by atoms with Gasteiger partial charge >= 0.3 is 5.97 Å². The predicted molar refractivity (Wildman–Crippen MR) is 57.1 cm³/mol. The fraction of sp³-hybridized carbons (Fsp3) is 0.0833. The Morgan fingerprint density at radius 2 is 1.93 bits per heavy atom. The van der Waals surface area contributed by atoms with Crippen molar-refractivity contribution in [1.29, 1.82) is 0 Å². The number of benzene rings is 1. The maximum atomic E-state index is 10.6. The Labute approximate surface area is 87.6 Å². The topological polar surface area (TPSA) is 42.2 Å². The molecule has 0 bridgehead atoms. The number of aromatic nitrogens is 1. The first-order valence-electron chi connectivity index (χ1n) is 4.70. The second-order valence-electron chi connectivity index (χ2n) is 3.33. The van der Waals surface area contributed by atoms with E-state index in [1.54, 1.807) is 0 Å². The highest BCUT2D eigenvalue weighted by atomic mass is 16.4. The fourth-order valence-electron chi connectivity index (χ4n) is 1.51. The number of carboxylic acid groups (broad SMARTS) is 1. The number of rotatable bonds is 3. The summed E-state index contributed by atoms with van der Waals surface area (Å²) in [7, 11) is 0. The quantitative estimate of drug-likeness (QED) is 0.826. The average molecular weight is 201 g/mol. The molecule has 0 fully saturated rings. The van der Waals surface area contributed by atoms with Crippen molar-refractivity contribution in [3.63, 3.8) is 0 Å². The van der Waals surface area contributed by atoms with E-state index in [0.29, 0.717) is 0 Å². The molecule has 0 aliphatic heterocycles. The second-order valence-corrected chi connectivity index (χ2v) is 3.33. The minimum Gasteiger partial charge on any atom is -0.481 e. The Balaban J connectivity index is 2.31. The number of hydrogen-bond acceptors (Lipinski definition) is 1. The lowest BCUT2D eigenvalue weighted by atomic mass is 10.1. The Hall–Kier alpha value is -2.03. The molecule has 0 spiro atoms. The van der Waals surface area contributed by atoms with Crippen molar-refractivity contribution in [3.8, 4) is 5.69 Å². The largest absolute Gasteiger partial charge is 0.481 e. The third kappa shape index (κ3) is 2.26. The summed E-state index contributed by atoms with van der Waals surface area (Å²) in [6.07, 6.45) is 3.93. The van der Waals surface area contributed by atoms with Gasteiger partial charge in [0.1, 0.15) is 0 Å². The smallest absolute Gasteiger partial charge is 0.307 e. The van der Waals surface area contributed by atoms with Crippen molar-refractivity contribution in [1.82, 2.24) is 4.57 Å². The van der Waals surface area contributed by atoms with Crippen LogP contribution in [0.2, 0.25) is 0 Å². The molecule has 0 atom stereocenters. The van der Waals surface area contributed by atoms with Crippen molar-refractivity contribution >= 4 is 5.97 Å². The maximum Gasteiger partial charge on any atom is 0.307 e. The highest BCUT2D eigenvalue weighted by Gasteiger charge is 2.01. The summed E-state index contributed by atoms with van der Waals surface area (Å²) in [5.74, 6) is -0.806. The molecule has 1 N–H and O–H groups in total. The lowest BCUT2D eigenvalue weighted by molar-refractivity contribution is -0.136. The first-order valence-corrected chi connectivity index (χ1v) is 4.70. The molecule has 2 aromatic rings. The van der Waals surface area contributed by atoms with Crippen molar-refractivity contribution in [2.75, 3.05) is 0 Å². The second kappa shape index (κ2) is 4.00. The highest BCUT2D eigenvalue weighted by Crippen LogP contribution is 2.11. The van der Waals surface area contributed by atoms with E-state index in [-0.39, 0.29) is 6.42 Å². The van der Waals surface area contributed by atoms with Crippen LogP contribution in [0.25, 0.3) is 5.69 Å². The monoisotopic (exact) mass is 201 g/mol. The molecule has 2 rings (SSSR count). The van der Waals surface area contributed by atoms with E-state index in [9.17, 15) is 4.79 Å². The molecule has 0 saturated carbocycles. The van der Waals surface area contributed by atoms with Crippen LogP contribution in [0.15, 0.2) is 48.8 Å². The summed E-state index contributed by atoms with van der Waals surface area (Å²) in [5, 5.41) is 8.68. The van der Waals surface area contributed by atoms with Gasteiger partial charge in [0, 0.05) is 18.1 Å². The van der Waals surface area contributed by atoms with Gasteiger partial charge in [0.05, 0.1) is 6.42 Å². The van der Waals surface area contributed by atoms with Crippen LogP contribution in [-0.2, 0) is 11.2 Å². The zero-order valence-electron chi connectivity index (χ0n) is 8.13. The van der Waals surface area contributed by atoms with Gasteiger partial charge < -0.3 is 9.67 Å². The Bertz CT molecular complexity index is 460. The van der Waals surface area contributed by atoms with E-state index in [1.165, 1.54) is 0 Å². The van der Waals surface area contributed by atoms with Gasteiger partial charge in [-0.2, -0.15) is 0 Å². The van der Waals surface area contributed by atoms with Gasteiger partial charge in [0.25, 0.3) is 0 Å². The summed E-state index contributed by atoms with van der Waals surface area (Å²) in [6, 6.07) is 11.4. The lowest BCUT2D eigenvalue weighted by Crippen LogP contribution is -2.00. The Morgan fingerprint density at radius 1 is 1.20 bits per heavy atom. The van der Waals surface area contributed by atoms with Crippen molar-refractivity contribution in [3.05, 3.63) is 54.4 Å². The van der Waals surface area contributed by atoms with Gasteiger partial charge in [-0.05, 0) is 29.8 Å². The predicted octanol–water partition coefficient (Wildman–Crippen LogP) is 2.10. The molecular formula is C12H11NO2. The summed E-state index contributed by atoms with van der Waals surface area (Å²) in [6.45, 7) is 0. The SMILES string of the molecule is O=C(O)Cc1cccc(-n2cccc2)c1. The van der Waals surface area contributed by atoms with Crippen LogP contribution in [0.5, 0.6) is 0 Å². The van der Waals surface area contributed by atoms with E-state index in [1.807, 2.05) is 53.4 Å². The van der Waals surface area contributed by atoms with Crippen LogP contribution in [0.3, 0.4) is 0 Å². The molecule has 3 nitrogen and oxygen atoms in total. The number of aliphatic carboxylic acids is 1. The molecule has 15 heavy (non-hydrogen) atoms. The zero-order chi connectivity index (χ0) is 10.7. The van der Waals surface area contributed by atoms with Crippen LogP contribution in [0.1, 0.15) is 5.56 Å².